The quantitative estimate of drug-likeness (QED) is 0.780. The predicted molar refractivity (Wildman–Crippen MR) is 112 cm³/mol. The standard InChI is InChI=1S/C21H29N3O4S/c1-21(2,3)28-20(26)24-13-5-7-14(8-6-13)27-18-17-16-12(10-25)4-9-15(16)29-19(17)23-11-22-18/h11-14,25H,4-10H2,1-3H3,(H,24,26)/t12-,13?,14?/m1/s1. The molecule has 8 heteroatoms. The highest BCUT2D eigenvalue weighted by Crippen LogP contribution is 2.46. The first-order valence-electron chi connectivity index (χ1n) is 10.4. The molecule has 4 rings (SSSR count). The van der Waals surface area contributed by atoms with Gasteiger partial charge in [-0.3, -0.25) is 0 Å². The summed E-state index contributed by atoms with van der Waals surface area (Å²) in [5.74, 6) is 0.789. The number of alkyl carbamates (subject to hydrolysis) is 1. The SMILES string of the molecule is CC(C)(C)OC(=O)NC1CCC(Oc2ncnc3sc4c(c23)[C@@H](CO)CC4)CC1. The first-order chi connectivity index (χ1) is 13.8. The van der Waals surface area contributed by atoms with Gasteiger partial charge >= 0.3 is 6.09 Å². The van der Waals surface area contributed by atoms with Crippen LogP contribution in [0.5, 0.6) is 5.88 Å². The van der Waals surface area contributed by atoms with Crippen LogP contribution in [0.1, 0.15) is 69.2 Å². The minimum absolute atomic E-state index is 0.0642. The summed E-state index contributed by atoms with van der Waals surface area (Å²) in [6.07, 6.45) is 6.62. The molecule has 2 N–H and O–H groups in total. The van der Waals surface area contributed by atoms with Gasteiger partial charge in [-0.1, -0.05) is 0 Å². The fourth-order valence-electron chi connectivity index (χ4n) is 4.27. The van der Waals surface area contributed by atoms with Crippen LogP contribution in [0.15, 0.2) is 6.33 Å². The monoisotopic (exact) mass is 419 g/mol. The van der Waals surface area contributed by atoms with Gasteiger partial charge in [-0.25, -0.2) is 14.8 Å². The molecule has 2 heterocycles. The lowest BCUT2D eigenvalue weighted by molar-refractivity contribution is 0.0470. The molecule has 1 fully saturated rings. The molecule has 0 bridgehead atoms. The average molecular weight is 420 g/mol. The highest BCUT2D eigenvalue weighted by molar-refractivity contribution is 7.19. The van der Waals surface area contributed by atoms with Crippen LogP contribution in [0.2, 0.25) is 0 Å². The third-order valence-electron chi connectivity index (χ3n) is 5.59. The van der Waals surface area contributed by atoms with E-state index in [4.69, 9.17) is 9.47 Å². The van der Waals surface area contributed by atoms with Gasteiger partial charge in [0.15, 0.2) is 0 Å². The summed E-state index contributed by atoms with van der Waals surface area (Å²) in [6, 6.07) is 0.110. The lowest BCUT2D eigenvalue weighted by Gasteiger charge is -2.30. The molecule has 2 aromatic heterocycles. The van der Waals surface area contributed by atoms with Crippen molar-refractivity contribution in [1.82, 2.24) is 15.3 Å². The summed E-state index contributed by atoms with van der Waals surface area (Å²) >= 11 is 1.69. The number of carbonyl (C=O) groups excluding carboxylic acids is 1. The van der Waals surface area contributed by atoms with Gasteiger partial charge in [-0.05, 0) is 64.9 Å². The van der Waals surface area contributed by atoms with Gasteiger partial charge < -0.3 is 19.9 Å². The van der Waals surface area contributed by atoms with Crippen LogP contribution in [0.4, 0.5) is 4.79 Å². The van der Waals surface area contributed by atoms with Crippen molar-refractivity contribution >= 4 is 27.6 Å². The number of nitrogens with zero attached hydrogens (tertiary/aromatic N) is 2. The maximum absolute atomic E-state index is 12.0. The van der Waals surface area contributed by atoms with Gasteiger partial charge in [0.1, 0.15) is 22.9 Å². The van der Waals surface area contributed by atoms with Crippen molar-refractivity contribution in [3.63, 3.8) is 0 Å². The molecule has 2 aliphatic rings. The van der Waals surface area contributed by atoms with Crippen LogP contribution >= 0.6 is 11.3 Å². The first-order valence-corrected chi connectivity index (χ1v) is 11.2. The maximum atomic E-state index is 12.0. The molecule has 0 unspecified atom stereocenters. The summed E-state index contributed by atoms with van der Waals surface area (Å²) in [7, 11) is 0. The van der Waals surface area contributed by atoms with Crippen molar-refractivity contribution < 1.29 is 19.4 Å². The fourth-order valence-corrected chi connectivity index (χ4v) is 5.50. The molecule has 0 aromatic carbocycles. The number of fused-ring (bicyclic) bond motifs is 3. The number of aryl methyl sites for hydroxylation is 1. The van der Waals surface area contributed by atoms with Gasteiger partial charge in [-0.15, -0.1) is 11.3 Å². The maximum Gasteiger partial charge on any atom is 0.407 e. The van der Waals surface area contributed by atoms with Gasteiger partial charge in [-0.2, -0.15) is 0 Å². The van der Waals surface area contributed by atoms with Gasteiger partial charge in [0.05, 0.1) is 12.0 Å². The Morgan fingerprint density at radius 2 is 2.00 bits per heavy atom. The third kappa shape index (κ3) is 4.48. The normalized spacial score (nSPS) is 24.3. The summed E-state index contributed by atoms with van der Waals surface area (Å²) in [5, 5.41) is 13.7. The molecular formula is C21H29N3O4S. The Morgan fingerprint density at radius 3 is 2.69 bits per heavy atom. The van der Waals surface area contributed by atoms with Gasteiger partial charge in [0.25, 0.3) is 0 Å². The Balaban J connectivity index is 1.40. The van der Waals surface area contributed by atoms with E-state index in [1.165, 1.54) is 10.4 Å². The van der Waals surface area contributed by atoms with E-state index in [9.17, 15) is 9.90 Å². The molecule has 1 saturated carbocycles. The highest BCUT2D eigenvalue weighted by atomic mass is 32.1. The number of aliphatic hydroxyl groups is 1. The molecule has 29 heavy (non-hydrogen) atoms. The van der Waals surface area contributed by atoms with E-state index in [1.54, 1.807) is 17.7 Å². The number of aromatic nitrogens is 2. The number of hydrogen-bond donors (Lipinski definition) is 2. The third-order valence-corrected chi connectivity index (χ3v) is 6.76. The molecule has 1 atom stereocenters. The summed E-state index contributed by atoms with van der Waals surface area (Å²) in [5.41, 5.74) is 0.694. The Morgan fingerprint density at radius 1 is 1.24 bits per heavy atom. The van der Waals surface area contributed by atoms with Crippen LogP contribution in [-0.2, 0) is 11.2 Å². The molecule has 0 radical (unpaired) electrons. The van der Waals surface area contributed by atoms with Crippen molar-refractivity contribution in [2.75, 3.05) is 6.61 Å². The minimum atomic E-state index is -0.490. The van der Waals surface area contributed by atoms with Crippen molar-refractivity contribution in [3.8, 4) is 5.88 Å². The van der Waals surface area contributed by atoms with Crippen LogP contribution in [0, 0.1) is 0 Å². The number of amides is 1. The Kier molecular flexibility index (Phi) is 5.66. The number of thiophene rings is 1. The summed E-state index contributed by atoms with van der Waals surface area (Å²) < 4.78 is 11.7. The lowest BCUT2D eigenvalue weighted by Crippen LogP contribution is -2.42. The van der Waals surface area contributed by atoms with Gasteiger partial charge in [0, 0.05) is 16.8 Å². The van der Waals surface area contributed by atoms with E-state index in [0.717, 1.165) is 48.7 Å². The summed E-state index contributed by atoms with van der Waals surface area (Å²) in [4.78, 5) is 23.1. The second kappa shape index (κ2) is 8.07. The van der Waals surface area contributed by atoms with E-state index in [0.29, 0.717) is 5.88 Å². The molecule has 0 spiro atoms. The molecular weight excluding hydrogens is 390 g/mol. The van der Waals surface area contributed by atoms with Crippen molar-refractivity contribution in [3.05, 3.63) is 16.8 Å². The molecule has 7 nitrogen and oxygen atoms in total. The fraction of sp³-hybridized carbons (Fsp3) is 0.667. The lowest BCUT2D eigenvalue weighted by atomic mass is 9.93. The van der Waals surface area contributed by atoms with Crippen LogP contribution in [-0.4, -0.2) is 45.5 Å². The number of ether oxygens (including phenoxy) is 2. The molecule has 0 saturated heterocycles. The van der Waals surface area contributed by atoms with Crippen LogP contribution in [0.3, 0.4) is 0 Å². The Hall–Kier alpha value is -1.93. The zero-order chi connectivity index (χ0) is 20.6. The zero-order valence-corrected chi connectivity index (χ0v) is 18.1. The second-order valence-corrected chi connectivity index (χ2v) is 10.0. The van der Waals surface area contributed by atoms with Crippen molar-refractivity contribution in [2.45, 2.75) is 83.0 Å². The largest absolute Gasteiger partial charge is 0.474 e. The van der Waals surface area contributed by atoms with E-state index in [1.807, 2.05) is 20.8 Å². The van der Waals surface area contributed by atoms with Crippen molar-refractivity contribution in [2.24, 2.45) is 0 Å². The molecule has 158 valence electrons. The van der Waals surface area contributed by atoms with Crippen LogP contribution in [0.25, 0.3) is 10.2 Å². The molecule has 2 aromatic rings. The van der Waals surface area contributed by atoms with E-state index in [-0.39, 0.29) is 30.8 Å². The minimum Gasteiger partial charge on any atom is -0.474 e. The Labute approximate surface area is 174 Å². The predicted octanol–water partition coefficient (Wildman–Crippen LogP) is 3.93. The number of rotatable bonds is 4. The molecule has 2 aliphatic carbocycles. The number of nitrogens with one attached hydrogen (secondary N) is 1. The van der Waals surface area contributed by atoms with E-state index < -0.39 is 5.60 Å². The van der Waals surface area contributed by atoms with Crippen LogP contribution < -0.4 is 10.1 Å². The van der Waals surface area contributed by atoms with Gasteiger partial charge in [0.2, 0.25) is 5.88 Å². The van der Waals surface area contributed by atoms with E-state index >= 15 is 0 Å². The van der Waals surface area contributed by atoms with Crippen molar-refractivity contribution in [1.29, 1.82) is 0 Å². The number of hydrogen-bond acceptors (Lipinski definition) is 7. The first kappa shape index (κ1) is 20.3. The van der Waals surface area contributed by atoms with E-state index in [2.05, 4.69) is 15.3 Å². The molecule has 0 aliphatic heterocycles. The topological polar surface area (TPSA) is 93.6 Å². The number of aliphatic hydroxyl groups excluding tert-OH is 1. The second-order valence-electron chi connectivity index (χ2n) is 8.95. The smallest absolute Gasteiger partial charge is 0.407 e. The zero-order valence-electron chi connectivity index (χ0n) is 17.2. The molecule has 1 amide bonds. The number of carbonyl (C=O) groups is 1. The average Bonchev–Trinajstić information content (AvgIpc) is 3.20. The highest BCUT2D eigenvalue weighted by Gasteiger charge is 2.31. The summed E-state index contributed by atoms with van der Waals surface area (Å²) in [6.45, 7) is 5.74. The Bertz CT molecular complexity index is 884.